The molecule has 0 spiro atoms. The quantitative estimate of drug-likeness (QED) is 0.733. The number of rotatable bonds is 5. The number of carbonyl (C=O) groups excluding carboxylic acids is 1. The van der Waals surface area contributed by atoms with Crippen molar-refractivity contribution < 1.29 is 4.79 Å². The predicted octanol–water partition coefficient (Wildman–Crippen LogP) is 3.85. The Balaban J connectivity index is 2.69. The predicted molar refractivity (Wildman–Crippen MR) is 68.7 cm³/mol. The topological polar surface area (TPSA) is 17.1 Å². The van der Waals surface area contributed by atoms with Crippen molar-refractivity contribution in [3.63, 3.8) is 0 Å². The number of Topliss-reactive ketones (excluding diaryl/α,β-unsaturated/α-hetero) is 1. The Morgan fingerprint density at radius 1 is 1.19 bits per heavy atom. The van der Waals surface area contributed by atoms with E-state index in [1.165, 1.54) is 11.1 Å². The van der Waals surface area contributed by atoms with E-state index in [4.69, 9.17) is 0 Å². The first-order valence-corrected chi connectivity index (χ1v) is 6.12. The van der Waals surface area contributed by atoms with Gasteiger partial charge in [-0.15, -0.1) is 0 Å². The fourth-order valence-electron chi connectivity index (χ4n) is 2.14. The van der Waals surface area contributed by atoms with E-state index in [1.54, 1.807) is 0 Å². The standard InChI is InChI=1S/C15H22O/c1-5-6-13(4)15(16)10-14-8-11(2)7-12(3)9-14/h7-9,13H,5-6,10H2,1-4H3. The number of hydrogen-bond donors (Lipinski definition) is 0. The molecule has 1 heteroatoms. The maximum absolute atomic E-state index is 11.9. The Bertz CT molecular complexity index is 345. The van der Waals surface area contributed by atoms with Crippen LogP contribution in [0.1, 0.15) is 43.4 Å². The third-order valence-corrected chi connectivity index (χ3v) is 2.93. The van der Waals surface area contributed by atoms with E-state index in [0.29, 0.717) is 12.2 Å². The minimum atomic E-state index is 0.200. The van der Waals surface area contributed by atoms with Crippen LogP contribution in [0.5, 0.6) is 0 Å². The van der Waals surface area contributed by atoms with Crippen LogP contribution in [0.15, 0.2) is 18.2 Å². The Hall–Kier alpha value is -1.11. The number of hydrogen-bond acceptors (Lipinski definition) is 1. The average molecular weight is 218 g/mol. The molecule has 1 unspecified atom stereocenters. The van der Waals surface area contributed by atoms with Gasteiger partial charge in [0.25, 0.3) is 0 Å². The molecule has 16 heavy (non-hydrogen) atoms. The summed E-state index contributed by atoms with van der Waals surface area (Å²) in [4.78, 5) is 11.9. The Labute approximate surface area is 98.9 Å². The number of aryl methyl sites for hydroxylation is 2. The van der Waals surface area contributed by atoms with E-state index >= 15 is 0 Å². The van der Waals surface area contributed by atoms with Crippen LogP contribution in [0.2, 0.25) is 0 Å². The van der Waals surface area contributed by atoms with Gasteiger partial charge in [-0.05, 0) is 25.8 Å². The summed E-state index contributed by atoms with van der Waals surface area (Å²) in [6.45, 7) is 8.32. The molecule has 0 amide bonds. The van der Waals surface area contributed by atoms with Gasteiger partial charge in [0.05, 0.1) is 0 Å². The van der Waals surface area contributed by atoms with Crippen molar-refractivity contribution in [1.29, 1.82) is 0 Å². The highest BCUT2D eigenvalue weighted by Crippen LogP contribution is 2.14. The van der Waals surface area contributed by atoms with Crippen LogP contribution in [0.25, 0.3) is 0 Å². The van der Waals surface area contributed by atoms with Crippen molar-refractivity contribution in [2.24, 2.45) is 5.92 Å². The maximum Gasteiger partial charge on any atom is 0.140 e. The maximum atomic E-state index is 11.9. The summed E-state index contributed by atoms with van der Waals surface area (Å²) >= 11 is 0. The van der Waals surface area contributed by atoms with Crippen molar-refractivity contribution >= 4 is 5.78 Å². The lowest BCUT2D eigenvalue weighted by Gasteiger charge is -2.10. The second-order valence-corrected chi connectivity index (χ2v) is 4.83. The molecule has 88 valence electrons. The Kier molecular flexibility index (Phi) is 4.72. The van der Waals surface area contributed by atoms with Gasteiger partial charge in [0.2, 0.25) is 0 Å². The molecule has 1 rings (SSSR count). The number of benzene rings is 1. The van der Waals surface area contributed by atoms with Crippen LogP contribution in [0.3, 0.4) is 0 Å². The van der Waals surface area contributed by atoms with Crippen molar-refractivity contribution in [2.75, 3.05) is 0 Å². The Morgan fingerprint density at radius 3 is 2.25 bits per heavy atom. The minimum Gasteiger partial charge on any atom is -0.299 e. The molecule has 0 saturated carbocycles. The van der Waals surface area contributed by atoms with Gasteiger partial charge in [0.15, 0.2) is 0 Å². The summed E-state index contributed by atoms with van der Waals surface area (Å²) in [5.74, 6) is 0.567. The van der Waals surface area contributed by atoms with Gasteiger partial charge in [-0.2, -0.15) is 0 Å². The van der Waals surface area contributed by atoms with E-state index in [2.05, 4.69) is 39.0 Å². The van der Waals surface area contributed by atoms with E-state index in [9.17, 15) is 4.79 Å². The van der Waals surface area contributed by atoms with Gasteiger partial charge in [0.1, 0.15) is 5.78 Å². The third-order valence-electron chi connectivity index (χ3n) is 2.93. The SMILES string of the molecule is CCCC(C)C(=O)Cc1cc(C)cc(C)c1. The molecule has 0 N–H and O–H groups in total. The first-order valence-electron chi connectivity index (χ1n) is 6.12. The lowest BCUT2D eigenvalue weighted by Crippen LogP contribution is -2.13. The largest absolute Gasteiger partial charge is 0.299 e. The normalized spacial score (nSPS) is 12.5. The lowest BCUT2D eigenvalue weighted by atomic mass is 9.94. The molecule has 1 aromatic rings. The highest BCUT2D eigenvalue weighted by molar-refractivity contribution is 5.83. The molecule has 0 aliphatic carbocycles. The molecule has 0 saturated heterocycles. The van der Waals surface area contributed by atoms with Gasteiger partial charge >= 0.3 is 0 Å². The average Bonchev–Trinajstić information content (AvgIpc) is 2.16. The van der Waals surface area contributed by atoms with Gasteiger partial charge < -0.3 is 0 Å². The van der Waals surface area contributed by atoms with Gasteiger partial charge in [-0.3, -0.25) is 4.79 Å². The molecule has 1 aromatic carbocycles. The van der Waals surface area contributed by atoms with Crippen LogP contribution in [-0.2, 0) is 11.2 Å². The smallest absolute Gasteiger partial charge is 0.140 e. The summed E-state index contributed by atoms with van der Waals surface area (Å²) in [6, 6.07) is 6.37. The summed E-state index contributed by atoms with van der Waals surface area (Å²) in [5.41, 5.74) is 3.64. The van der Waals surface area contributed by atoms with Gasteiger partial charge in [-0.1, -0.05) is 49.6 Å². The first-order chi connectivity index (χ1) is 7.52. The van der Waals surface area contributed by atoms with E-state index in [-0.39, 0.29) is 5.92 Å². The van der Waals surface area contributed by atoms with Crippen molar-refractivity contribution in [2.45, 2.75) is 47.0 Å². The molecule has 1 atom stereocenters. The van der Waals surface area contributed by atoms with Gasteiger partial charge in [-0.25, -0.2) is 0 Å². The lowest BCUT2D eigenvalue weighted by molar-refractivity contribution is -0.121. The zero-order valence-electron chi connectivity index (χ0n) is 10.8. The second kappa shape index (κ2) is 5.83. The zero-order chi connectivity index (χ0) is 12.1. The second-order valence-electron chi connectivity index (χ2n) is 4.83. The van der Waals surface area contributed by atoms with Crippen LogP contribution in [0.4, 0.5) is 0 Å². The fourth-order valence-corrected chi connectivity index (χ4v) is 2.14. The number of carbonyl (C=O) groups is 1. The molecule has 0 fully saturated rings. The molecular weight excluding hydrogens is 196 g/mol. The summed E-state index contributed by atoms with van der Waals surface area (Å²) in [7, 11) is 0. The van der Waals surface area contributed by atoms with E-state index in [0.717, 1.165) is 18.4 Å². The van der Waals surface area contributed by atoms with Crippen LogP contribution < -0.4 is 0 Å². The van der Waals surface area contributed by atoms with Crippen molar-refractivity contribution in [3.8, 4) is 0 Å². The summed E-state index contributed by atoms with van der Waals surface area (Å²) in [6.07, 6.45) is 2.67. The Morgan fingerprint density at radius 2 is 1.75 bits per heavy atom. The molecule has 0 aliphatic rings. The zero-order valence-corrected chi connectivity index (χ0v) is 10.8. The molecule has 0 bridgehead atoms. The summed E-state index contributed by atoms with van der Waals surface area (Å²) in [5, 5.41) is 0. The first kappa shape index (κ1) is 13.0. The fraction of sp³-hybridized carbons (Fsp3) is 0.533. The van der Waals surface area contributed by atoms with Gasteiger partial charge in [0, 0.05) is 12.3 Å². The van der Waals surface area contributed by atoms with Crippen LogP contribution in [0, 0.1) is 19.8 Å². The monoisotopic (exact) mass is 218 g/mol. The third kappa shape index (κ3) is 3.80. The molecule has 1 nitrogen and oxygen atoms in total. The molecule has 0 heterocycles. The van der Waals surface area contributed by atoms with Crippen molar-refractivity contribution in [1.82, 2.24) is 0 Å². The van der Waals surface area contributed by atoms with Crippen LogP contribution >= 0.6 is 0 Å². The highest BCUT2D eigenvalue weighted by Gasteiger charge is 2.12. The molecular formula is C15H22O. The highest BCUT2D eigenvalue weighted by atomic mass is 16.1. The number of ketones is 1. The van der Waals surface area contributed by atoms with E-state index < -0.39 is 0 Å². The minimum absolute atomic E-state index is 0.200. The molecule has 0 aromatic heterocycles. The van der Waals surface area contributed by atoms with Crippen molar-refractivity contribution in [3.05, 3.63) is 34.9 Å². The summed E-state index contributed by atoms with van der Waals surface area (Å²) < 4.78 is 0. The van der Waals surface area contributed by atoms with Crippen LogP contribution in [-0.4, -0.2) is 5.78 Å². The molecule has 0 aliphatic heterocycles. The van der Waals surface area contributed by atoms with E-state index in [1.807, 2.05) is 6.92 Å². The molecule has 0 radical (unpaired) electrons.